The molecule has 0 saturated carbocycles. The van der Waals surface area contributed by atoms with Crippen LogP contribution in [-0.2, 0) is 19.6 Å². The van der Waals surface area contributed by atoms with Gasteiger partial charge in [-0.2, -0.15) is 5.10 Å². The smallest absolute Gasteiger partial charge is 0.0646 e. The predicted molar refractivity (Wildman–Crippen MR) is 102 cm³/mol. The van der Waals surface area contributed by atoms with E-state index in [9.17, 15) is 0 Å². The van der Waals surface area contributed by atoms with Gasteiger partial charge in [0.15, 0.2) is 0 Å². The van der Waals surface area contributed by atoms with Crippen LogP contribution in [0.25, 0.3) is 0 Å². The highest BCUT2D eigenvalue weighted by atomic mass is 16.3. The number of piperidine rings is 1. The van der Waals surface area contributed by atoms with Crippen LogP contribution in [0, 0.1) is 13.8 Å². The Morgan fingerprint density at radius 1 is 1.16 bits per heavy atom. The van der Waals surface area contributed by atoms with Gasteiger partial charge in [-0.3, -0.25) is 9.58 Å². The number of rotatable bonds is 7. The number of aromatic nitrogens is 2. The maximum atomic E-state index is 9.14. The van der Waals surface area contributed by atoms with Gasteiger partial charge in [-0.15, -0.1) is 0 Å². The van der Waals surface area contributed by atoms with E-state index in [2.05, 4.69) is 46.5 Å². The van der Waals surface area contributed by atoms with Gasteiger partial charge in [0.1, 0.15) is 0 Å². The Morgan fingerprint density at radius 2 is 1.96 bits per heavy atom. The third kappa shape index (κ3) is 4.61. The molecule has 0 unspecified atom stereocenters. The summed E-state index contributed by atoms with van der Waals surface area (Å²) in [6.45, 7) is 9.02. The number of aliphatic hydroxyl groups excluding tert-OH is 1. The number of benzene rings is 1. The zero-order valence-corrected chi connectivity index (χ0v) is 15.5. The number of likely N-dealkylation sites (tertiary alicyclic amines) is 1. The van der Waals surface area contributed by atoms with Crippen molar-refractivity contribution in [2.24, 2.45) is 0 Å². The summed E-state index contributed by atoms with van der Waals surface area (Å²) in [5.74, 6) is 0. The van der Waals surface area contributed by atoms with Gasteiger partial charge in [0, 0.05) is 30.0 Å². The first-order chi connectivity index (χ1) is 12.2. The summed E-state index contributed by atoms with van der Waals surface area (Å²) < 4.78 is 1.89. The maximum absolute atomic E-state index is 9.14. The number of anilines is 1. The summed E-state index contributed by atoms with van der Waals surface area (Å²) in [7, 11) is 0. The zero-order chi connectivity index (χ0) is 17.6. The molecular weight excluding hydrogens is 312 g/mol. The van der Waals surface area contributed by atoms with E-state index in [4.69, 9.17) is 5.11 Å². The molecule has 0 amide bonds. The Labute approximate surface area is 150 Å². The van der Waals surface area contributed by atoms with E-state index < -0.39 is 0 Å². The van der Waals surface area contributed by atoms with Gasteiger partial charge in [-0.1, -0.05) is 18.6 Å². The number of hydrogen-bond donors (Lipinski definition) is 2. The Bertz CT molecular complexity index is 689. The minimum Gasteiger partial charge on any atom is -0.394 e. The Kier molecular flexibility index (Phi) is 6.10. The minimum atomic E-state index is 0.118. The van der Waals surface area contributed by atoms with Crippen LogP contribution >= 0.6 is 0 Å². The van der Waals surface area contributed by atoms with Crippen molar-refractivity contribution in [2.75, 3.05) is 25.0 Å². The highest BCUT2D eigenvalue weighted by Crippen LogP contribution is 2.19. The second-order valence-corrected chi connectivity index (χ2v) is 6.99. The van der Waals surface area contributed by atoms with Gasteiger partial charge in [0.05, 0.1) is 18.8 Å². The van der Waals surface area contributed by atoms with E-state index in [1.54, 1.807) is 0 Å². The summed E-state index contributed by atoms with van der Waals surface area (Å²) in [6.07, 6.45) is 4.03. The van der Waals surface area contributed by atoms with Gasteiger partial charge >= 0.3 is 0 Å². The van der Waals surface area contributed by atoms with E-state index in [0.29, 0.717) is 6.54 Å². The first kappa shape index (κ1) is 18.0. The quantitative estimate of drug-likeness (QED) is 0.812. The number of hydrogen-bond acceptors (Lipinski definition) is 4. The van der Waals surface area contributed by atoms with Crippen LogP contribution in [0.1, 0.15) is 41.8 Å². The number of aliphatic hydroxyl groups is 1. The van der Waals surface area contributed by atoms with Crippen molar-refractivity contribution in [3.8, 4) is 0 Å². The molecule has 0 bridgehead atoms. The third-order valence-electron chi connectivity index (χ3n) is 5.09. The monoisotopic (exact) mass is 342 g/mol. The predicted octanol–water partition coefficient (Wildman–Crippen LogP) is 3.09. The molecule has 0 spiro atoms. The fourth-order valence-corrected chi connectivity index (χ4v) is 3.65. The largest absolute Gasteiger partial charge is 0.394 e. The third-order valence-corrected chi connectivity index (χ3v) is 5.09. The number of aryl methyl sites for hydroxylation is 1. The molecule has 0 radical (unpaired) electrons. The van der Waals surface area contributed by atoms with E-state index in [1.807, 2.05) is 11.6 Å². The first-order valence-corrected chi connectivity index (χ1v) is 9.36. The molecule has 136 valence electrons. The minimum absolute atomic E-state index is 0.118. The van der Waals surface area contributed by atoms with Crippen LogP contribution in [0.2, 0.25) is 0 Å². The lowest BCUT2D eigenvalue weighted by Gasteiger charge is -2.26. The molecule has 2 aromatic rings. The molecule has 1 saturated heterocycles. The molecule has 0 atom stereocenters. The van der Waals surface area contributed by atoms with Crippen LogP contribution in [0.4, 0.5) is 5.69 Å². The second-order valence-electron chi connectivity index (χ2n) is 6.99. The maximum Gasteiger partial charge on any atom is 0.0646 e. The fraction of sp³-hybridized carbons (Fsp3) is 0.550. The van der Waals surface area contributed by atoms with Gasteiger partial charge in [0.2, 0.25) is 0 Å². The van der Waals surface area contributed by atoms with Gasteiger partial charge in [0.25, 0.3) is 0 Å². The fourth-order valence-electron chi connectivity index (χ4n) is 3.65. The average molecular weight is 342 g/mol. The summed E-state index contributed by atoms with van der Waals surface area (Å²) in [6, 6.07) is 8.74. The molecule has 5 heteroatoms. The zero-order valence-electron chi connectivity index (χ0n) is 15.5. The Morgan fingerprint density at radius 3 is 2.72 bits per heavy atom. The standard InChI is InChI=1S/C20H30N4O/c1-16-20(17(2)24(22-16)11-12-25)14-21-19-8-6-7-18(13-19)15-23-9-4-3-5-10-23/h6-8,13,21,25H,3-5,9-12,14-15H2,1-2H3. The highest BCUT2D eigenvalue weighted by Gasteiger charge is 2.12. The molecule has 2 heterocycles. The SMILES string of the molecule is Cc1nn(CCO)c(C)c1CNc1cccc(CN2CCCCC2)c1. The molecule has 1 aliphatic heterocycles. The van der Waals surface area contributed by atoms with Crippen molar-refractivity contribution in [1.29, 1.82) is 0 Å². The first-order valence-electron chi connectivity index (χ1n) is 9.36. The van der Waals surface area contributed by atoms with Crippen molar-refractivity contribution >= 4 is 5.69 Å². The molecular formula is C20H30N4O. The van der Waals surface area contributed by atoms with Crippen molar-refractivity contribution in [3.63, 3.8) is 0 Å². The van der Waals surface area contributed by atoms with Crippen molar-refractivity contribution in [1.82, 2.24) is 14.7 Å². The second kappa shape index (κ2) is 8.50. The summed E-state index contributed by atoms with van der Waals surface area (Å²) in [4.78, 5) is 2.55. The van der Waals surface area contributed by atoms with E-state index in [1.165, 1.54) is 43.5 Å². The molecule has 2 N–H and O–H groups in total. The van der Waals surface area contributed by atoms with Crippen LogP contribution in [0.15, 0.2) is 24.3 Å². The Balaban J connectivity index is 1.62. The lowest BCUT2D eigenvalue weighted by Crippen LogP contribution is -2.29. The summed E-state index contributed by atoms with van der Waals surface area (Å²) >= 11 is 0. The van der Waals surface area contributed by atoms with Gasteiger partial charge < -0.3 is 10.4 Å². The molecule has 1 fully saturated rings. The van der Waals surface area contributed by atoms with Crippen LogP contribution in [-0.4, -0.2) is 39.5 Å². The van der Waals surface area contributed by atoms with Gasteiger partial charge in [-0.25, -0.2) is 0 Å². The molecule has 25 heavy (non-hydrogen) atoms. The number of nitrogens with zero attached hydrogens (tertiary/aromatic N) is 3. The lowest BCUT2D eigenvalue weighted by molar-refractivity contribution is 0.221. The lowest BCUT2D eigenvalue weighted by atomic mass is 10.1. The van der Waals surface area contributed by atoms with Crippen molar-refractivity contribution in [3.05, 3.63) is 46.8 Å². The average Bonchev–Trinajstić information content (AvgIpc) is 2.88. The summed E-state index contributed by atoms with van der Waals surface area (Å²) in [5.41, 5.74) is 5.90. The Hall–Kier alpha value is -1.85. The highest BCUT2D eigenvalue weighted by molar-refractivity contribution is 5.46. The van der Waals surface area contributed by atoms with Crippen molar-refractivity contribution < 1.29 is 5.11 Å². The van der Waals surface area contributed by atoms with Crippen LogP contribution < -0.4 is 5.32 Å². The summed E-state index contributed by atoms with van der Waals surface area (Å²) in [5, 5.41) is 17.2. The van der Waals surface area contributed by atoms with Gasteiger partial charge in [-0.05, 0) is 57.5 Å². The van der Waals surface area contributed by atoms with E-state index in [-0.39, 0.29) is 6.61 Å². The molecule has 1 aliphatic rings. The number of nitrogens with one attached hydrogen (secondary N) is 1. The molecule has 3 rings (SSSR count). The van der Waals surface area contributed by atoms with E-state index >= 15 is 0 Å². The molecule has 5 nitrogen and oxygen atoms in total. The van der Waals surface area contributed by atoms with Crippen LogP contribution in [0.5, 0.6) is 0 Å². The van der Waals surface area contributed by atoms with Crippen molar-refractivity contribution in [2.45, 2.75) is 52.7 Å². The topological polar surface area (TPSA) is 53.3 Å². The normalized spacial score (nSPS) is 15.5. The molecule has 1 aromatic carbocycles. The van der Waals surface area contributed by atoms with E-state index in [0.717, 1.165) is 30.2 Å². The van der Waals surface area contributed by atoms with Crippen LogP contribution in [0.3, 0.4) is 0 Å². The molecule has 0 aliphatic carbocycles. The molecule has 1 aromatic heterocycles.